The number of carboxylic acid groups (broad SMARTS) is 2. The second-order valence-corrected chi connectivity index (χ2v) is 5.55. The average Bonchev–Trinajstić information content (AvgIpc) is 2.28. The second kappa shape index (κ2) is 5.81. The summed E-state index contributed by atoms with van der Waals surface area (Å²) < 4.78 is 0. The van der Waals surface area contributed by atoms with Crippen LogP contribution in [0, 0.1) is 0 Å². The van der Waals surface area contributed by atoms with Crippen LogP contribution in [0.1, 0.15) is 26.3 Å². The number of nitrogens with zero attached hydrogens (tertiary/aromatic N) is 1. The molecule has 0 saturated heterocycles. The molecule has 6 nitrogen and oxygen atoms in total. The number of rotatable bonds is 4. The van der Waals surface area contributed by atoms with Gasteiger partial charge in [0.2, 0.25) is 0 Å². The van der Waals surface area contributed by atoms with Crippen LogP contribution < -0.4 is 0 Å². The lowest BCUT2D eigenvalue weighted by atomic mass is 9.98. The fourth-order valence-corrected chi connectivity index (χ4v) is 2.03. The third kappa shape index (κ3) is 3.88. The summed E-state index contributed by atoms with van der Waals surface area (Å²) in [7, 11) is 0. The van der Waals surface area contributed by atoms with E-state index in [0.717, 1.165) is 4.90 Å². The first kappa shape index (κ1) is 15.8. The van der Waals surface area contributed by atoms with Gasteiger partial charge in [-0.25, -0.2) is 9.59 Å². The number of carboxylic acids is 1. The zero-order chi connectivity index (χ0) is 15.5. The Labute approximate surface area is 117 Å². The van der Waals surface area contributed by atoms with Crippen LogP contribution in [-0.2, 0) is 11.2 Å². The first-order valence-corrected chi connectivity index (χ1v) is 6.16. The summed E-state index contributed by atoms with van der Waals surface area (Å²) in [6.07, 6.45) is -1.23. The number of hydrogen-bond acceptors (Lipinski definition) is 3. The number of hydrogen-bond donors (Lipinski definition) is 3. The van der Waals surface area contributed by atoms with Crippen molar-refractivity contribution < 1.29 is 24.9 Å². The van der Waals surface area contributed by atoms with Gasteiger partial charge in [0.15, 0.2) is 0 Å². The van der Waals surface area contributed by atoms with E-state index in [1.54, 1.807) is 32.9 Å². The molecule has 0 fully saturated rings. The predicted octanol–water partition coefficient (Wildman–Crippen LogP) is 2.17. The number of phenols is 1. The van der Waals surface area contributed by atoms with Gasteiger partial charge in [0.25, 0.3) is 0 Å². The van der Waals surface area contributed by atoms with Crippen LogP contribution in [0.25, 0.3) is 0 Å². The number of benzene rings is 1. The van der Waals surface area contributed by atoms with Crippen LogP contribution >= 0.6 is 0 Å². The first-order chi connectivity index (χ1) is 9.12. The van der Waals surface area contributed by atoms with Gasteiger partial charge in [0.1, 0.15) is 11.8 Å². The fraction of sp³-hybridized carbons (Fsp3) is 0.429. The fourth-order valence-electron chi connectivity index (χ4n) is 2.03. The monoisotopic (exact) mass is 281 g/mol. The molecular formula is C14H19NO5. The van der Waals surface area contributed by atoms with E-state index in [0.29, 0.717) is 5.56 Å². The third-order valence-electron chi connectivity index (χ3n) is 2.89. The van der Waals surface area contributed by atoms with Crippen molar-refractivity contribution in [1.29, 1.82) is 0 Å². The van der Waals surface area contributed by atoms with Gasteiger partial charge in [-0.2, -0.15) is 0 Å². The van der Waals surface area contributed by atoms with Crippen molar-refractivity contribution in [2.24, 2.45) is 0 Å². The number of phenolic OH excluding ortho intramolecular Hbond substituents is 1. The molecule has 0 heterocycles. The summed E-state index contributed by atoms with van der Waals surface area (Å²) in [5.74, 6) is -1.12. The SMILES string of the molecule is CC(C)(C)N(C(=O)O)[C@H](Cc1ccc(O)cc1)C(=O)O. The Kier molecular flexibility index (Phi) is 4.60. The Morgan fingerprint density at radius 3 is 2.00 bits per heavy atom. The molecule has 1 amide bonds. The lowest BCUT2D eigenvalue weighted by Gasteiger charge is -2.37. The minimum atomic E-state index is -1.27. The Balaban J connectivity index is 3.07. The smallest absolute Gasteiger partial charge is 0.408 e. The summed E-state index contributed by atoms with van der Waals surface area (Å²) in [6.45, 7) is 4.94. The normalized spacial score (nSPS) is 12.8. The van der Waals surface area contributed by atoms with Crippen molar-refractivity contribution in [3.05, 3.63) is 29.8 Å². The molecular weight excluding hydrogens is 262 g/mol. The van der Waals surface area contributed by atoms with Crippen molar-refractivity contribution in [3.63, 3.8) is 0 Å². The highest BCUT2D eigenvalue weighted by Gasteiger charge is 2.37. The summed E-state index contributed by atoms with van der Waals surface area (Å²) in [5, 5.41) is 27.8. The summed E-state index contributed by atoms with van der Waals surface area (Å²) in [6, 6.07) is 4.85. The summed E-state index contributed by atoms with van der Waals surface area (Å²) in [4.78, 5) is 23.7. The minimum absolute atomic E-state index is 0.0409. The molecule has 1 aromatic rings. The number of aliphatic carboxylic acids is 1. The maximum absolute atomic E-state index is 11.4. The predicted molar refractivity (Wildman–Crippen MR) is 72.9 cm³/mol. The van der Waals surface area contributed by atoms with Crippen molar-refractivity contribution >= 4 is 12.1 Å². The Morgan fingerprint density at radius 2 is 1.65 bits per heavy atom. The van der Waals surface area contributed by atoms with Crippen LogP contribution in [0.4, 0.5) is 4.79 Å². The van der Waals surface area contributed by atoms with Gasteiger partial charge in [-0.1, -0.05) is 12.1 Å². The zero-order valence-electron chi connectivity index (χ0n) is 11.7. The molecule has 1 rings (SSSR count). The molecule has 0 spiro atoms. The van der Waals surface area contributed by atoms with Gasteiger partial charge in [0.05, 0.1) is 0 Å². The van der Waals surface area contributed by atoms with Crippen LogP contribution in [0.3, 0.4) is 0 Å². The molecule has 0 aromatic heterocycles. The van der Waals surface area contributed by atoms with E-state index in [-0.39, 0.29) is 12.2 Å². The Hall–Kier alpha value is -2.24. The molecule has 1 atom stereocenters. The van der Waals surface area contributed by atoms with E-state index < -0.39 is 23.6 Å². The Bertz CT molecular complexity index is 489. The van der Waals surface area contributed by atoms with Crippen LogP contribution in [0.15, 0.2) is 24.3 Å². The van der Waals surface area contributed by atoms with E-state index in [2.05, 4.69) is 0 Å². The molecule has 3 N–H and O–H groups in total. The van der Waals surface area contributed by atoms with Crippen LogP contribution in [0.2, 0.25) is 0 Å². The van der Waals surface area contributed by atoms with Gasteiger partial charge in [-0.05, 0) is 38.5 Å². The van der Waals surface area contributed by atoms with E-state index in [4.69, 9.17) is 0 Å². The quantitative estimate of drug-likeness (QED) is 0.785. The summed E-state index contributed by atoms with van der Waals surface area (Å²) in [5.41, 5.74) is -0.183. The second-order valence-electron chi connectivity index (χ2n) is 5.55. The van der Waals surface area contributed by atoms with Crippen LogP contribution in [-0.4, -0.2) is 43.9 Å². The number of amides is 1. The lowest BCUT2D eigenvalue weighted by molar-refractivity contribution is -0.144. The third-order valence-corrected chi connectivity index (χ3v) is 2.89. The van der Waals surface area contributed by atoms with Gasteiger partial charge in [-0.15, -0.1) is 0 Å². The minimum Gasteiger partial charge on any atom is -0.508 e. The lowest BCUT2D eigenvalue weighted by Crippen LogP contribution is -2.55. The van der Waals surface area contributed by atoms with Gasteiger partial charge in [-0.3, -0.25) is 4.90 Å². The topological polar surface area (TPSA) is 98.1 Å². The maximum Gasteiger partial charge on any atom is 0.408 e. The average molecular weight is 281 g/mol. The highest BCUT2D eigenvalue weighted by molar-refractivity contribution is 5.80. The maximum atomic E-state index is 11.4. The highest BCUT2D eigenvalue weighted by Crippen LogP contribution is 2.21. The van der Waals surface area contributed by atoms with Crippen molar-refractivity contribution in [2.75, 3.05) is 0 Å². The Morgan fingerprint density at radius 1 is 1.15 bits per heavy atom. The summed E-state index contributed by atoms with van der Waals surface area (Å²) >= 11 is 0. The van der Waals surface area contributed by atoms with Crippen molar-refractivity contribution in [1.82, 2.24) is 4.90 Å². The van der Waals surface area contributed by atoms with Crippen molar-refractivity contribution in [3.8, 4) is 5.75 Å². The molecule has 0 saturated carbocycles. The van der Waals surface area contributed by atoms with E-state index in [1.807, 2.05) is 0 Å². The van der Waals surface area contributed by atoms with Gasteiger partial charge in [0, 0.05) is 12.0 Å². The molecule has 0 aliphatic carbocycles. The number of aromatic hydroxyl groups is 1. The molecule has 0 bridgehead atoms. The molecule has 110 valence electrons. The molecule has 0 unspecified atom stereocenters. The number of carbonyl (C=O) groups is 2. The molecule has 1 aromatic carbocycles. The molecule has 20 heavy (non-hydrogen) atoms. The van der Waals surface area contributed by atoms with E-state index in [9.17, 15) is 24.9 Å². The van der Waals surface area contributed by atoms with E-state index in [1.165, 1.54) is 12.1 Å². The first-order valence-electron chi connectivity index (χ1n) is 6.16. The van der Waals surface area contributed by atoms with Gasteiger partial charge < -0.3 is 15.3 Å². The van der Waals surface area contributed by atoms with E-state index >= 15 is 0 Å². The standard InChI is InChI=1S/C14H19NO5/c1-14(2,3)15(13(19)20)11(12(17)18)8-9-4-6-10(16)7-5-9/h4-7,11,16H,8H2,1-3H3,(H,17,18)(H,19,20)/t11-/m1/s1. The van der Waals surface area contributed by atoms with Crippen LogP contribution in [0.5, 0.6) is 5.75 Å². The molecule has 0 aliphatic rings. The molecule has 0 radical (unpaired) electrons. The molecule has 6 heteroatoms. The highest BCUT2D eigenvalue weighted by atomic mass is 16.4. The zero-order valence-corrected chi connectivity index (χ0v) is 11.7. The van der Waals surface area contributed by atoms with Gasteiger partial charge >= 0.3 is 12.1 Å². The largest absolute Gasteiger partial charge is 0.508 e. The molecule has 0 aliphatic heterocycles. The van der Waals surface area contributed by atoms with Crippen molar-refractivity contribution in [2.45, 2.75) is 38.8 Å².